The molecule has 0 fully saturated rings. The summed E-state index contributed by atoms with van der Waals surface area (Å²) in [6, 6.07) is 2.00. The highest BCUT2D eigenvalue weighted by atomic mass is 127. The lowest BCUT2D eigenvalue weighted by Crippen LogP contribution is -1.92. The topological polar surface area (TPSA) is 48.5 Å². The van der Waals surface area contributed by atoms with Crippen molar-refractivity contribution in [2.75, 3.05) is 0 Å². The van der Waals surface area contributed by atoms with Gasteiger partial charge >= 0.3 is 0 Å². The molecular weight excluding hydrogens is 397 g/mol. The number of hydrogen-bond acceptors (Lipinski definition) is 4. The summed E-state index contributed by atoms with van der Waals surface area (Å²) in [5, 5.41) is 5.57. The minimum absolute atomic E-state index is 0.246. The molecule has 8 heteroatoms. The molecule has 0 saturated heterocycles. The molecule has 5 nitrogen and oxygen atoms in total. The predicted molar refractivity (Wildman–Crippen MR) is 86.5 cm³/mol. The molecule has 19 heavy (non-hydrogen) atoms. The zero-order chi connectivity index (χ0) is 13.6. The van der Waals surface area contributed by atoms with Gasteiger partial charge in [-0.3, -0.25) is 8.65 Å². The van der Waals surface area contributed by atoms with Gasteiger partial charge in [0.05, 0.1) is 11.4 Å². The van der Waals surface area contributed by atoms with Crippen LogP contribution in [0.5, 0.6) is 0 Å². The molecule has 0 spiro atoms. The van der Waals surface area contributed by atoms with E-state index in [1.807, 2.05) is 36.4 Å². The smallest absolute Gasteiger partial charge is 0.224 e. The normalized spacial score (nSPS) is 11.4. The Hall–Kier alpha value is -0.800. The van der Waals surface area contributed by atoms with E-state index in [1.54, 1.807) is 13.8 Å². The second kappa shape index (κ2) is 4.95. The van der Waals surface area contributed by atoms with E-state index in [4.69, 9.17) is 11.6 Å². The van der Waals surface area contributed by atoms with Crippen LogP contribution < -0.4 is 0 Å². The largest absolute Gasteiger partial charge is 0.275 e. The van der Waals surface area contributed by atoms with Crippen LogP contribution in [0.15, 0.2) is 18.5 Å². The SMILES string of the molecule is Cc1nn(C)cc1-c1nc(Cl)nc2c1ccn2SI. The highest BCUT2D eigenvalue weighted by Crippen LogP contribution is 2.32. The Bertz CT molecular complexity index is 766. The molecule has 0 aliphatic carbocycles. The summed E-state index contributed by atoms with van der Waals surface area (Å²) in [5.41, 5.74) is 3.55. The van der Waals surface area contributed by atoms with Crippen LogP contribution in [0.3, 0.4) is 0 Å². The van der Waals surface area contributed by atoms with Crippen molar-refractivity contribution in [3.05, 3.63) is 29.4 Å². The zero-order valence-electron chi connectivity index (χ0n) is 10.1. The number of aryl methyl sites for hydroxylation is 2. The molecule has 0 atom stereocenters. The van der Waals surface area contributed by atoms with Crippen LogP contribution in [0.2, 0.25) is 5.28 Å². The van der Waals surface area contributed by atoms with Crippen LogP contribution in [-0.4, -0.2) is 23.7 Å². The second-order valence-corrected chi connectivity index (χ2v) is 6.14. The van der Waals surface area contributed by atoms with E-state index < -0.39 is 0 Å². The fourth-order valence-corrected chi connectivity index (χ4v) is 3.49. The molecular formula is C11H9ClIN5S. The first-order valence-corrected chi connectivity index (χ1v) is 9.14. The van der Waals surface area contributed by atoms with Crippen LogP contribution in [0.4, 0.5) is 0 Å². The summed E-state index contributed by atoms with van der Waals surface area (Å²) >= 11 is 8.25. The highest BCUT2D eigenvalue weighted by molar-refractivity contribution is 14.2. The van der Waals surface area contributed by atoms with E-state index >= 15 is 0 Å². The third-order valence-corrected chi connectivity index (χ3v) is 4.71. The molecule has 3 heterocycles. The van der Waals surface area contributed by atoms with Gasteiger partial charge in [-0.25, -0.2) is 4.98 Å². The lowest BCUT2D eigenvalue weighted by molar-refractivity contribution is 0.756. The van der Waals surface area contributed by atoms with E-state index in [1.165, 1.54) is 0 Å². The molecule has 0 aromatic carbocycles. The molecule has 0 amide bonds. The Morgan fingerprint density at radius 2 is 2.16 bits per heavy atom. The molecule has 0 unspecified atom stereocenters. The number of hydrogen-bond donors (Lipinski definition) is 0. The van der Waals surface area contributed by atoms with Crippen molar-refractivity contribution in [1.82, 2.24) is 23.7 Å². The van der Waals surface area contributed by atoms with Crippen molar-refractivity contribution in [3.8, 4) is 11.3 Å². The Balaban J connectivity index is 2.34. The average molecular weight is 406 g/mol. The van der Waals surface area contributed by atoms with Crippen molar-refractivity contribution < 1.29 is 0 Å². The summed E-state index contributed by atoms with van der Waals surface area (Å²) in [6.07, 6.45) is 3.91. The van der Waals surface area contributed by atoms with Gasteiger partial charge in [0.25, 0.3) is 0 Å². The van der Waals surface area contributed by atoms with Gasteiger partial charge in [-0.2, -0.15) is 10.1 Å². The summed E-state index contributed by atoms with van der Waals surface area (Å²) in [4.78, 5) is 8.66. The van der Waals surface area contributed by atoms with Gasteiger partial charge in [0.1, 0.15) is 0 Å². The van der Waals surface area contributed by atoms with Crippen LogP contribution in [0.25, 0.3) is 22.3 Å². The third kappa shape index (κ3) is 2.23. The minimum Gasteiger partial charge on any atom is -0.275 e. The molecule has 3 aromatic rings. The van der Waals surface area contributed by atoms with E-state index in [0.717, 1.165) is 28.0 Å². The number of rotatable bonds is 2. The fourth-order valence-electron chi connectivity index (χ4n) is 2.06. The molecule has 0 N–H and O–H groups in total. The van der Waals surface area contributed by atoms with E-state index in [0.29, 0.717) is 0 Å². The Kier molecular flexibility index (Phi) is 3.44. The number of aromatic nitrogens is 5. The molecule has 98 valence electrons. The summed E-state index contributed by atoms with van der Waals surface area (Å²) in [7, 11) is 3.44. The second-order valence-electron chi connectivity index (χ2n) is 4.09. The minimum atomic E-state index is 0.246. The monoisotopic (exact) mass is 405 g/mol. The maximum atomic E-state index is 6.04. The van der Waals surface area contributed by atoms with Crippen LogP contribution >= 0.6 is 41.9 Å². The first kappa shape index (κ1) is 13.2. The molecule has 3 aromatic heterocycles. The van der Waals surface area contributed by atoms with Gasteiger partial charge < -0.3 is 0 Å². The molecule has 0 saturated carbocycles. The summed E-state index contributed by atoms with van der Waals surface area (Å²) in [5.74, 6) is 0. The van der Waals surface area contributed by atoms with Crippen LogP contribution in [-0.2, 0) is 7.05 Å². The third-order valence-electron chi connectivity index (χ3n) is 2.83. The maximum Gasteiger partial charge on any atom is 0.224 e. The predicted octanol–water partition coefficient (Wildman–Crippen LogP) is 3.64. The first-order chi connectivity index (χ1) is 9.10. The van der Waals surface area contributed by atoms with E-state index in [2.05, 4.69) is 36.3 Å². The van der Waals surface area contributed by atoms with Gasteiger partial charge in [0.2, 0.25) is 5.28 Å². The van der Waals surface area contributed by atoms with E-state index in [9.17, 15) is 0 Å². The average Bonchev–Trinajstić information content (AvgIpc) is 2.91. The van der Waals surface area contributed by atoms with Gasteiger partial charge in [-0.15, -0.1) is 0 Å². The Morgan fingerprint density at radius 3 is 2.79 bits per heavy atom. The quantitative estimate of drug-likeness (QED) is 0.482. The number of nitrogens with zero attached hydrogens (tertiary/aromatic N) is 5. The van der Waals surface area contributed by atoms with Crippen molar-refractivity contribution in [2.45, 2.75) is 6.92 Å². The lowest BCUT2D eigenvalue weighted by atomic mass is 10.1. The fraction of sp³-hybridized carbons (Fsp3) is 0.182. The van der Waals surface area contributed by atoms with Gasteiger partial charge in [-0.05, 0) is 24.6 Å². The summed E-state index contributed by atoms with van der Waals surface area (Å²) < 4.78 is 3.73. The Morgan fingerprint density at radius 1 is 1.37 bits per heavy atom. The first-order valence-electron chi connectivity index (χ1n) is 5.44. The molecule has 3 rings (SSSR count). The van der Waals surface area contributed by atoms with Crippen LogP contribution in [0.1, 0.15) is 5.69 Å². The van der Waals surface area contributed by atoms with Crippen LogP contribution in [0, 0.1) is 6.92 Å². The van der Waals surface area contributed by atoms with E-state index in [-0.39, 0.29) is 5.28 Å². The molecule has 0 aliphatic rings. The van der Waals surface area contributed by atoms with Gasteiger partial charge in [0, 0.05) is 60.7 Å². The standard InChI is InChI=1S/C11H9ClIN5S/c1-6-8(5-17(2)16-6)9-7-3-4-18(19-13)10(7)15-11(12)14-9/h3-5H,1-2H3. The molecule has 0 radical (unpaired) electrons. The summed E-state index contributed by atoms with van der Waals surface area (Å²) in [6.45, 7) is 1.96. The van der Waals surface area contributed by atoms with Crippen molar-refractivity contribution in [1.29, 1.82) is 0 Å². The zero-order valence-corrected chi connectivity index (χ0v) is 13.9. The molecule has 0 bridgehead atoms. The van der Waals surface area contributed by atoms with Crippen molar-refractivity contribution >= 4 is 53.0 Å². The van der Waals surface area contributed by atoms with Crippen molar-refractivity contribution in [3.63, 3.8) is 0 Å². The number of fused-ring (bicyclic) bond motifs is 1. The highest BCUT2D eigenvalue weighted by Gasteiger charge is 2.16. The van der Waals surface area contributed by atoms with Crippen molar-refractivity contribution in [2.24, 2.45) is 7.05 Å². The Labute approximate surface area is 131 Å². The van der Waals surface area contributed by atoms with Gasteiger partial charge in [0.15, 0.2) is 5.65 Å². The molecule has 0 aliphatic heterocycles. The maximum absolute atomic E-state index is 6.04. The van der Waals surface area contributed by atoms with Gasteiger partial charge in [-0.1, -0.05) is 0 Å². The lowest BCUT2D eigenvalue weighted by Gasteiger charge is -2.03. The number of halogens is 2.